The van der Waals surface area contributed by atoms with Crippen LogP contribution in [0.3, 0.4) is 0 Å². The van der Waals surface area contributed by atoms with Crippen molar-refractivity contribution in [1.82, 2.24) is 38.2 Å². The van der Waals surface area contributed by atoms with Gasteiger partial charge in [-0.3, -0.25) is 14.5 Å². The maximum absolute atomic E-state index is 7.19. The molecular formula is C66H47Ir4N11-4. The molecule has 0 aliphatic rings. The molecule has 13 aromatic rings. The fraction of sp³-hybridized carbons (Fsp3) is 0.0758. The Morgan fingerprint density at radius 3 is 1.49 bits per heavy atom. The van der Waals surface area contributed by atoms with Crippen molar-refractivity contribution in [2.75, 3.05) is 0 Å². The molecule has 4 radical (unpaired) electrons. The zero-order valence-electron chi connectivity index (χ0n) is 44.2. The van der Waals surface area contributed by atoms with Crippen molar-refractivity contribution in [2.45, 2.75) is 13.8 Å². The molecule has 8 aromatic heterocycles. The van der Waals surface area contributed by atoms with Gasteiger partial charge in [-0.05, 0) is 76.9 Å². The van der Waals surface area contributed by atoms with E-state index in [2.05, 4.69) is 126 Å². The number of pyridine rings is 4. The average molecular weight is 1760 g/mol. The third-order valence-electron chi connectivity index (χ3n) is 13.2. The van der Waals surface area contributed by atoms with E-state index in [1.54, 1.807) is 24.3 Å². The molecule has 15 heteroatoms. The summed E-state index contributed by atoms with van der Waals surface area (Å²) in [6, 6.07) is 61.6. The van der Waals surface area contributed by atoms with Gasteiger partial charge in [0.2, 0.25) is 0 Å². The van der Waals surface area contributed by atoms with Crippen LogP contribution < -0.4 is 0 Å². The minimum absolute atomic E-state index is 0. The fourth-order valence-corrected chi connectivity index (χ4v) is 8.85. The Morgan fingerprint density at radius 1 is 0.420 bits per heavy atom. The first kappa shape index (κ1) is 62.1. The SMILES string of the molecule is Cn1ccc2cnc(-c3[c-]cccc3)cc21.[C-]#[N+]c1cc(-c2cc3cc(C)n(C)c3cn2)[c-]cc1C.[C-]#[N+]c1cc[c-]c(-c2cc3c(ccn3C)cn2)c1.[C-]#[N+]c1cc[c-]c(-c2cc3ccn(-c4ccccc4)c3cn2)c1.[Ir].[Ir].[Ir].[Ir]. The third kappa shape index (κ3) is 14.1. The average Bonchev–Trinajstić information content (AvgIpc) is 4.27. The predicted molar refractivity (Wildman–Crippen MR) is 309 cm³/mol. The Bertz CT molecular complexity index is 4410. The van der Waals surface area contributed by atoms with Crippen molar-refractivity contribution in [3.63, 3.8) is 0 Å². The van der Waals surface area contributed by atoms with Gasteiger partial charge < -0.3 is 38.2 Å². The molecule has 0 aliphatic carbocycles. The van der Waals surface area contributed by atoms with Crippen molar-refractivity contribution < 1.29 is 80.4 Å². The Labute approximate surface area is 525 Å². The maximum Gasteiger partial charge on any atom is 0.111 e. The van der Waals surface area contributed by atoms with Crippen LogP contribution in [0.1, 0.15) is 11.3 Å². The summed E-state index contributed by atoms with van der Waals surface area (Å²) < 4.78 is 8.39. The van der Waals surface area contributed by atoms with Gasteiger partial charge >= 0.3 is 0 Å². The van der Waals surface area contributed by atoms with E-state index in [1.807, 2.05) is 156 Å². The normalized spacial score (nSPS) is 10.1. The number of benzene rings is 5. The molecule has 0 unspecified atom stereocenters. The number of rotatable bonds is 5. The molecule has 0 fully saturated rings. The standard InChI is InChI=1S/C20H12N3.C17H14N3.C15H10N3.C14H11N2.4Ir/c1-21-17-7-5-6-15(12-17)19-13-16-10-11-23(20(16)14-22-19)18-8-3-2-4-9-18;1-11-5-6-13(8-15(11)18-3)16-9-14-7-12(2)20(4)17(14)10-19-16;1-16-13-5-3-4-11(8-13)14-9-15-12(10-17-14)6-7-18(15)2;1-16-8-7-12-10-15-13(9-14(12)16)11-5-3-2-4-6-11;;;;/h2-5,7-14H;5,7-10H,1-2,4H3;3,5-10H,2H3;2-5,7-10H,1H3;;;;/q4*-1;;;;. The topological polar surface area (TPSA) is 84.4 Å². The van der Waals surface area contributed by atoms with Gasteiger partial charge in [-0.2, -0.15) is 18.2 Å². The number of fused-ring (bicyclic) bond motifs is 4. The minimum Gasteiger partial charge on any atom is -0.351 e. The van der Waals surface area contributed by atoms with Crippen molar-refractivity contribution in [3.8, 4) is 50.7 Å². The largest absolute Gasteiger partial charge is 0.351 e. The van der Waals surface area contributed by atoms with Crippen LogP contribution >= 0.6 is 0 Å². The van der Waals surface area contributed by atoms with E-state index in [0.29, 0.717) is 17.1 Å². The number of para-hydroxylation sites is 1. The van der Waals surface area contributed by atoms with Crippen molar-refractivity contribution in [1.29, 1.82) is 0 Å². The van der Waals surface area contributed by atoms with Gasteiger partial charge in [-0.1, -0.05) is 49.4 Å². The second kappa shape index (κ2) is 28.4. The molecule has 0 spiro atoms. The van der Waals surface area contributed by atoms with Gasteiger partial charge in [-0.15, -0.1) is 107 Å². The van der Waals surface area contributed by atoms with Crippen molar-refractivity contribution in [3.05, 3.63) is 265 Å². The van der Waals surface area contributed by atoms with Gasteiger partial charge in [0.1, 0.15) is 17.1 Å². The number of aromatic nitrogens is 8. The first-order chi connectivity index (χ1) is 37.6. The van der Waals surface area contributed by atoms with Crippen LogP contribution in [0.4, 0.5) is 17.1 Å². The van der Waals surface area contributed by atoms with Crippen molar-refractivity contribution in [2.24, 2.45) is 21.1 Å². The van der Waals surface area contributed by atoms with Crippen LogP contribution in [0.25, 0.3) is 109 Å². The van der Waals surface area contributed by atoms with Gasteiger partial charge in [0.15, 0.2) is 0 Å². The monoisotopic (exact) mass is 1770 g/mol. The molecule has 81 heavy (non-hydrogen) atoms. The molecule has 406 valence electrons. The predicted octanol–water partition coefficient (Wildman–Crippen LogP) is 15.9. The summed E-state index contributed by atoms with van der Waals surface area (Å²) in [6.07, 6.45) is 13.6. The molecular weight excluding hydrogens is 1720 g/mol. The first-order valence-electron chi connectivity index (χ1n) is 24.5. The molecule has 13 rings (SSSR count). The number of aryl methyl sites for hydroxylation is 5. The Hall–Kier alpha value is -8.07. The Morgan fingerprint density at radius 2 is 0.926 bits per heavy atom. The fourth-order valence-electron chi connectivity index (χ4n) is 8.85. The summed E-state index contributed by atoms with van der Waals surface area (Å²) in [5, 5.41) is 4.55. The van der Waals surface area contributed by atoms with E-state index in [9.17, 15) is 0 Å². The van der Waals surface area contributed by atoms with E-state index < -0.39 is 0 Å². The third-order valence-corrected chi connectivity index (χ3v) is 13.2. The molecule has 8 heterocycles. The molecule has 11 nitrogen and oxygen atoms in total. The molecule has 0 saturated carbocycles. The summed E-state index contributed by atoms with van der Waals surface area (Å²) in [6.45, 7) is 25.3. The summed E-state index contributed by atoms with van der Waals surface area (Å²) in [7, 11) is 6.08. The van der Waals surface area contributed by atoms with E-state index in [-0.39, 0.29) is 80.4 Å². The number of nitrogens with zero attached hydrogens (tertiary/aromatic N) is 11. The van der Waals surface area contributed by atoms with E-state index >= 15 is 0 Å². The second-order valence-electron chi connectivity index (χ2n) is 18.2. The smallest absolute Gasteiger partial charge is 0.111 e. The van der Waals surface area contributed by atoms with Crippen LogP contribution in [0.5, 0.6) is 0 Å². The Kier molecular flexibility index (Phi) is 21.8. The van der Waals surface area contributed by atoms with Crippen LogP contribution in [0.2, 0.25) is 0 Å². The van der Waals surface area contributed by atoms with Gasteiger partial charge in [0.05, 0.1) is 30.7 Å². The molecule has 0 bridgehead atoms. The van der Waals surface area contributed by atoms with Crippen LogP contribution in [-0.2, 0) is 102 Å². The van der Waals surface area contributed by atoms with Crippen LogP contribution in [0, 0.1) is 57.8 Å². The first-order valence-corrected chi connectivity index (χ1v) is 24.5. The van der Waals surface area contributed by atoms with E-state index in [1.165, 1.54) is 16.6 Å². The van der Waals surface area contributed by atoms with Gasteiger partial charge in [0, 0.05) is 178 Å². The summed E-state index contributed by atoms with van der Waals surface area (Å²) in [4.78, 5) is 28.3. The van der Waals surface area contributed by atoms with Crippen LogP contribution in [0.15, 0.2) is 195 Å². The molecule has 0 N–H and O–H groups in total. The molecule has 0 atom stereocenters. The van der Waals surface area contributed by atoms with E-state index in [0.717, 1.165) is 89.0 Å². The second-order valence-corrected chi connectivity index (χ2v) is 18.2. The van der Waals surface area contributed by atoms with Crippen LogP contribution in [-0.4, -0.2) is 38.2 Å². The summed E-state index contributed by atoms with van der Waals surface area (Å²) >= 11 is 0. The summed E-state index contributed by atoms with van der Waals surface area (Å²) in [5.74, 6) is 0. The summed E-state index contributed by atoms with van der Waals surface area (Å²) in [5.41, 5.74) is 16.7. The maximum atomic E-state index is 7.19. The molecule has 0 aliphatic heterocycles. The molecule has 5 aromatic carbocycles. The zero-order chi connectivity index (χ0) is 53.4. The van der Waals surface area contributed by atoms with Gasteiger partial charge in [0.25, 0.3) is 0 Å². The molecule has 0 saturated heterocycles. The quantitative estimate of drug-likeness (QED) is 0.161. The van der Waals surface area contributed by atoms with Crippen molar-refractivity contribution >= 4 is 60.7 Å². The molecule has 0 amide bonds. The zero-order valence-corrected chi connectivity index (χ0v) is 53.8. The van der Waals surface area contributed by atoms with E-state index in [4.69, 9.17) is 19.7 Å². The number of hydrogen-bond acceptors (Lipinski definition) is 4. The minimum atomic E-state index is 0. The Balaban J connectivity index is 0.000000172. The van der Waals surface area contributed by atoms with Gasteiger partial charge in [-0.25, -0.2) is 0 Å². The number of hydrogen-bond donors (Lipinski definition) is 0.